The third kappa shape index (κ3) is 2.54. The summed E-state index contributed by atoms with van der Waals surface area (Å²) in [5, 5.41) is 11.9. The third-order valence-corrected chi connectivity index (χ3v) is 4.16. The van der Waals surface area contributed by atoms with Gasteiger partial charge >= 0.3 is 0 Å². The van der Waals surface area contributed by atoms with Crippen molar-refractivity contribution in [3.63, 3.8) is 0 Å². The van der Waals surface area contributed by atoms with E-state index in [1.165, 1.54) is 5.69 Å². The third-order valence-electron chi connectivity index (χ3n) is 3.33. The van der Waals surface area contributed by atoms with Gasteiger partial charge < -0.3 is 9.80 Å². The Balaban J connectivity index is 1.65. The summed E-state index contributed by atoms with van der Waals surface area (Å²) in [5.74, 6) is 0. The van der Waals surface area contributed by atoms with Gasteiger partial charge in [0.15, 0.2) is 5.13 Å². The van der Waals surface area contributed by atoms with Crippen LogP contribution in [0.25, 0.3) is 0 Å². The number of hydrogen-bond donors (Lipinski definition) is 0. The molecule has 0 bridgehead atoms. The van der Waals surface area contributed by atoms with Gasteiger partial charge in [0.1, 0.15) is 0 Å². The van der Waals surface area contributed by atoms with E-state index in [0.717, 1.165) is 31.3 Å². The van der Waals surface area contributed by atoms with Crippen LogP contribution in [0.15, 0.2) is 35.8 Å². The van der Waals surface area contributed by atoms with Crippen LogP contribution in [-0.4, -0.2) is 31.2 Å². The molecule has 1 aliphatic rings. The Morgan fingerprint density at radius 2 is 1.74 bits per heavy atom. The molecule has 2 aromatic rings. The van der Waals surface area contributed by atoms with Crippen molar-refractivity contribution in [2.45, 2.75) is 0 Å². The van der Waals surface area contributed by atoms with Crippen LogP contribution >= 0.6 is 11.3 Å². The van der Waals surface area contributed by atoms with Crippen LogP contribution in [0.4, 0.5) is 10.8 Å². The first-order valence-corrected chi connectivity index (χ1v) is 7.14. The van der Waals surface area contributed by atoms with E-state index in [0.29, 0.717) is 5.56 Å². The van der Waals surface area contributed by atoms with Crippen LogP contribution in [0.3, 0.4) is 0 Å². The lowest BCUT2D eigenvalue weighted by Gasteiger charge is -2.36. The number of rotatable bonds is 2. The summed E-state index contributed by atoms with van der Waals surface area (Å²) in [6, 6.07) is 9.95. The minimum Gasteiger partial charge on any atom is -0.368 e. The molecular weight excluding hydrogens is 256 g/mol. The van der Waals surface area contributed by atoms with E-state index in [9.17, 15) is 0 Å². The van der Waals surface area contributed by atoms with Gasteiger partial charge in [-0.05, 0) is 24.3 Å². The molecule has 4 nitrogen and oxygen atoms in total. The van der Waals surface area contributed by atoms with Crippen LogP contribution in [0, 0.1) is 11.3 Å². The highest BCUT2D eigenvalue weighted by Gasteiger charge is 2.18. The van der Waals surface area contributed by atoms with Crippen molar-refractivity contribution in [2.24, 2.45) is 0 Å². The van der Waals surface area contributed by atoms with Gasteiger partial charge in [-0.25, -0.2) is 4.98 Å². The van der Waals surface area contributed by atoms with Gasteiger partial charge in [-0.3, -0.25) is 0 Å². The number of nitriles is 1. The molecule has 1 aliphatic heterocycles. The monoisotopic (exact) mass is 270 g/mol. The van der Waals surface area contributed by atoms with Crippen LogP contribution in [0.1, 0.15) is 5.56 Å². The Labute approximate surface area is 116 Å². The molecule has 19 heavy (non-hydrogen) atoms. The molecule has 1 aromatic carbocycles. The second-order valence-electron chi connectivity index (χ2n) is 4.45. The highest BCUT2D eigenvalue weighted by Crippen LogP contribution is 2.22. The van der Waals surface area contributed by atoms with E-state index in [1.54, 1.807) is 11.3 Å². The Morgan fingerprint density at radius 1 is 1.05 bits per heavy atom. The highest BCUT2D eigenvalue weighted by atomic mass is 32.1. The molecule has 5 heteroatoms. The molecule has 0 amide bonds. The maximum atomic E-state index is 8.80. The van der Waals surface area contributed by atoms with E-state index in [-0.39, 0.29) is 0 Å². The molecule has 3 rings (SSSR count). The zero-order valence-electron chi connectivity index (χ0n) is 10.5. The Hall–Kier alpha value is -2.06. The topological polar surface area (TPSA) is 43.2 Å². The Bertz CT molecular complexity index is 562. The second-order valence-corrected chi connectivity index (χ2v) is 5.32. The lowest BCUT2D eigenvalue weighted by Crippen LogP contribution is -2.46. The van der Waals surface area contributed by atoms with Gasteiger partial charge in [-0.2, -0.15) is 5.26 Å². The first-order valence-electron chi connectivity index (χ1n) is 6.26. The Kier molecular flexibility index (Phi) is 3.34. The molecule has 0 saturated carbocycles. The van der Waals surface area contributed by atoms with E-state index in [1.807, 2.05) is 35.8 Å². The summed E-state index contributed by atoms with van der Waals surface area (Å²) in [4.78, 5) is 9.03. The Morgan fingerprint density at radius 3 is 2.32 bits per heavy atom. The number of anilines is 2. The molecule has 1 aromatic heterocycles. The maximum absolute atomic E-state index is 8.80. The summed E-state index contributed by atoms with van der Waals surface area (Å²) in [6.45, 7) is 3.97. The quantitative estimate of drug-likeness (QED) is 0.840. The van der Waals surface area contributed by atoms with Crippen molar-refractivity contribution in [3.05, 3.63) is 41.4 Å². The summed E-state index contributed by atoms with van der Waals surface area (Å²) in [6.07, 6.45) is 1.85. The van der Waals surface area contributed by atoms with Gasteiger partial charge in [0.05, 0.1) is 11.6 Å². The van der Waals surface area contributed by atoms with Gasteiger partial charge in [-0.15, -0.1) is 11.3 Å². The van der Waals surface area contributed by atoms with Crippen molar-refractivity contribution in [1.29, 1.82) is 5.26 Å². The van der Waals surface area contributed by atoms with Crippen LogP contribution in [0.2, 0.25) is 0 Å². The summed E-state index contributed by atoms with van der Waals surface area (Å²) >= 11 is 1.69. The molecular formula is C14H14N4S. The minimum absolute atomic E-state index is 0.713. The molecule has 0 spiro atoms. The first kappa shape index (κ1) is 12.0. The molecule has 0 radical (unpaired) electrons. The van der Waals surface area contributed by atoms with Crippen molar-refractivity contribution >= 4 is 22.2 Å². The van der Waals surface area contributed by atoms with Crippen LogP contribution in [0.5, 0.6) is 0 Å². The van der Waals surface area contributed by atoms with E-state index in [4.69, 9.17) is 5.26 Å². The molecule has 1 saturated heterocycles. The zero-order chi connectivity index (χ0) is 13.1. The molecule has 0 N–H and O–H groups in total. The fraction of sp³-hybridized carbons (Fsp3) is 0.286. The summed E-state index contributed by atoms with van der Waals surface area (Å²) < 4.78 is 0. The maximum Gasteiger partial charge on any atom is 0.185 e. The number of thiazole rings is 1. The van der Waals surface area contributed by atoms with Crippen molar-refractivity contribution < 1.29 is 0 Å². The first-order chi connectivity index (χ1) is 9.36. The number of piperazine rings is 1. The average Bonchev–Trinajstić information content (AvgIpc) is 3.02. The fourth-order valence-electron chi connectivity index (χ4n) is 2.27. The van der Waals surface area contributed by atoms with Gasteiger partial charge in [0.25, 0.3) is 0 Å². The lowest BCUT2D eigenvalue weighted by molar-refractivity contribution is 0.652. The number of nitrogens with zero attached hydrogens (tertiary/aromatic N) is 4. The highest BCUT2D eigenvalue weighted by molar-refractivity contribution is 7.13. The largest absolute Gasteiger partial charge is 0.368 e. The predicted molar refractivity (Wildman–Crippen MR) is 77.7 cm³/mol. The summed E-state index contributed by atoms with van der Waals surface area (Å²) in [7, 11) is 0. The van der Waals surface area contributed by atoms with Gasteiger partial charge in [0.2, 0.25) is 0 Å². The minimum atomic E-state index is 0.713. The lowest BCUT2D eigenvalue weighted by atomic mass is 10.2. The number of aromatic nitrogens is 1. The smallest absolute Gasteiger partial charge is 0.185 e. The van der Waals surface area contributed by atoms with Crippen molar-refractivity contribution in [2.75, 3.05) is 36.0 Å². The summed E-state index contributed by atoms with van der Waals surface area (Å²) in [5.41, 5.74) is 1.91. The molecule has 0 aliphatic carbocycles. The second kappa shape index (κ2) is 5.29. The normalized spacial score (nSPS) is 15.3. The predicted octanol–water partition coefficient (Wildman–Crippen LogP) is 2.34. The van der Waals surface area contributed by atoms with Crippen LogP contribution < -0.4 is 9.80 Å². The number of hydrogen-bond acceptors (Lipinski definition) is 5. The molecule has 2 heterocycles. The SMILES string of the molecule is N#Cc1ccc(N2CCN(c3nccs3)CC2)cc1. The average molecular weight is 270 g/mol. The molecule has 1 fully saturated rings. The van der Waals surface area contributed by atoms with E-state index >= 15 is 0 Å². The van der Waals surface area contributed by atoms with Crippen LogP contribution in [-0.2, 0) is 0 Å². The van der Waals surface area contributed by atoms with Gasteiger partial charge in [-0.1, -0.05) is 0 Å². The van der Waals surface area contributed by atoms with Gasteiger partial charge in [0, 0.05) is 43.4 Å². The molecule has 0 atom stereocenters. The van der Waals surface area contributed by atoms with Crippen molar-refractivity contribution in [1.82, 2.24) is 4.98 Å². The van der Waals surface area contributed by atoms with E-state index in [2.05, 4.69) is 20.9 Å². The van der Waals surface area contributed by atoms with E-state index < -0.39 is 0 Å². The van der Waals surface area contributed by atoms with Crippen molar-refractivity contribution in [3.8, 4) is 6.07 Å². The standard InChI is InChI=1S/C14H14N4S/c15-11-12-1-3-13(4-2-12)17-6-8-18(9-7-17)14-16-5-10-19-14/h1-5,10H,6-9H2. The zero-order valence-corrected chi connectivity index (χ0v) is 11.3. The molecule has 96 valence electrons. The molecule has 0 unspecified atom stereocenters. The number of benzene rings is 1. The fourth-order valence-corrected chi connectivity index (χ4v) is 2.97.